The second-order valence-electron chi connectivity index (χ2n) is 6.41. The average Bonchev–Trinajstić information content (AvgIpc) is 2.57. The lowest BCUT2D eigenvalue weighted by Crippen LogP contribution is -2.09. The predicted molar refractivity (Wildman–Crippen MR) is 103 cm³/mol. The van der Waals surface area contributed by atoms with Crippen molar-refractivity contribution in [3.8, 4) is 0 Å². The van der Waals surface area contributed by atoms with Crippen LogP contribution in [0.4, 0.5) is 0 Å². The van der Waals surface area contributed by atoms with Crippen LogP contribution in [0.1, 0.15) is 51.2 Å². The van der Waals surface area contributed by atoms with E-state index < -0.39 is 0 Å². The average molecular weight is 304 g/mol. The van der Waals surface area contributed by atoms with E-state index in [1.54, 1.807) is 0 Å². The van der Waals surface area contributed by atoms with Gasteiger partial charge >= 0.3 is 0 Å². The smallest absolute Gasteiger partial charge is 0.0118 e. The Kier molecular flexibility index (Phi) is 6.40. The zero-order valence-electron chi connectivity index (χ0n) is 14.8. The number of rotatable bonds is 3. The van der Waals surface area contributed by atoms with Crippen LogP contribution in [-0.2, 0) is 0 Å². The molecule has 0 N–H and O–H groups in total. The Hall–Kier alpha value is -2.08. The maximum atomic E-state index is 2.30. The SMILES string of the molecule is CC(C)C(c1ccccc1)c1cccc2ccccc12.CCC. The van der Waals surface area contributed by atoms with Gasteiger partial charge in [0.2, 0.25) is 0 Å². The minimum Gasteiger partial charge on any atom is -0.0656 e. The molecule has 0 aliphatic rings. The molecule has 120 valence electrons. The van der Waals surface area contributed by atoms with E-state index in [2.05, 4.69) is 100 Å². The van der Waals surface area contributed by atoms with Crippen molar-refractivity contribution in [2.75, 3.05) is 0 Å². The third kappa shape index (κ3) is 4.22. The molecule has 0 spiro atoms. The first-order valence-electron chi connectivity index (χ1n) is 8.71. The predicted octanol–water partition coefficient (Wildman–Crippen LogP) is 7.04. The maximum absolute atomic E-state index is 2.30. The molecule has 23 heavy (non-hydrogen) atoms. The molecule has 3 aromatic rings. The van der Waals surface area contributed by atoms with Crippen molar-refractivity contribution >= 4 is 10.8 Å². The van der Waals surface area contributed by atoms with E-state index >= 15 is 0 Å². The van der Waals surface area contributed by atoms with Crippen LogP contribution in [-0.4, -0.2) is 0 Å². The minimum atomic E-state index is 0.447. The van der Waals surface area contributed by atoms with Gasteiger partial charge in [0.05, 0.1) is 0 Å². The van der Waals surface area contributed by atoms with Gasteiger partial charge < -0.3 is 0 Å². The molecule has 0 aliphatic carbocycles. The van der Waals surface area contributed by atoms with Crippen molar-refractivity contribution in [2.24, 2.45) is 5.92 Å². The Balaban J connectivity index is 0.000000595. The van der Waals surface area contributed by atoms with Gasteiger partial charge in [-0.3, -0.25) is 0 Å². The molecule has 0 heteroatoms. The molecule has 0 saturated heterocycles. The Bertz CT molecular complexity index is 705. The van der Waals surface area contributed by atoms with Gasteiger partial charge in [0, 0.05) is 5.92 Å². The van der Waals surface area contributed by atoms with Gasteiger partial charge in [-0.15, -0.1) is 0 Å². The minimum absolute atomic E-state index is 0.447. The quantitative estimate of drug-likeness (QED) is 0.486. The third-order valence-corrected chi connectivity index (χ3v) is 3.98. The number of hydrogen-bond donors (Lipinski definition) is 0. The van der Waals surface area contributed by atoms with Crippen molar-refractivity contribution in [1.29, 1.82) is 0 Å². The van der Waals surface area contributed by atoms with Crippen molar-refractivity contribution in [3.63, 3.8) is 0 Å². The summed E-state index contributed by atoms with van der Waals surface area (Å²) >= 11 is 0. The summed E-state index contributed by atoms with van der Waals surface area (Å²) in [5.74, 6) is 1.02. The largest absolute Gasteiger partial charge is 0.0656 e. The number of hydrogen-bond acceptors (Lipinski definition) is 0. The zero-order chi connectivity index (χ0) is 16.7. The highest BCUT2D eigenvalue weighted by Gasteiger charge is 2.19. The summed E-state index contributed by atoms with van der Waals surface area (Å²) in [4.78, 5) is 0. The first kappa shape index (κ1) is 17.3. The molecule has 0 aromatic heterocycles. The maximum Gasteiger partial charge on any atom is 0.0118 e. The molecule has 1 unspecified atom stereocenters. The van der Waals surface area contributed by atoms with E-state index in [1.165, 1.54) is 28.3 Å². The van der Waals surface area contributed by atoms with E-state index in [0.717, 1.165) is 0 Å². The summed E-state index contributed by atoms with van der Waals surface area (Å²) < 4.78 is 0. The number of fused-ring (bicyclic) bond motifs is 1. The van der Waals surface area contributed by atoms with Crippen molar-refractivity contribution in [3.05, 3.63) is 83.9 Å². The third-order valence-electron chi connectivity index (χ3n) is 3.98. The molecular formula is C23H28. The van der Waals surface area contributed by atoms with Gasteiger partial charge in [-0.2, -0.15) is 0 Å². The van der Waals surface area contributed by atoms with E-state index in [0.29, 0.717) is 11.8 Å². The number of benzene rings is 3. The lowest BCUT2D eigenvalue weighted by molar-refractivity contribution is 0.567. The molecule has 0 amide bonds. The highest BCUT2D eigenvalue weighted by molar-refractivity contribution is 5.86. The van der Waals surface area contributed by atoms with E-state index in [1.807, 2.05) is 0 Å². The second kappa shape index (κ2) is 8.53. The molecule has 0 aliphatic heterocycles. The van der Waals surface area contributed by atoms with E-state index in [4.69, 9.17) is 0 Å². The van der Waals surface area contributed by atoms with Gasteiger partial charge in [-0.25, -0.2) is 0 Å². The Morgan fingerprint density at radius 2 is 1.26 bits per heavy atom. The van der Waals surface area contributed by atoms with Gasteiger partial charge in [-0.1, -0.05) is 107 Å². The normalized spacial score (nSPS) is 11.9. The lowest BCUT2D eigenvalue weighted by Gasteiger charge is -2.23. The molecule has 0 radical (unpaired) electrons. The standard InChI is InChI=1S/C20H20.C3H8/c1-15(2)20(17-10-4-3-5-11-17)19-14-8-12-16-9-6-7-13-18(16)19;1-3-2/h3-15,20H,1-2H3;3H2,1-2H3. The summed E-state index contributed by atoms with van der Waals surface area (Å²) in [6.45, 7) is 8.86. The first-order valence-corrected chi connectivity index (χ1v) is 8.71. The Morgan fingerprint density at radius 1 is 0.696 bits per heavy atom. The van der Waals surface area contributed by atoms with E-state index in [9.17, 15) is 0 Å². The summed E-state index contributed by atoms with van der Waals surface area (Å²) in [6, 6.07) is 26.2. The lowest BCUT2D eigenvalue weighted by atomic mass is 9.80. The summed E-state index contributed by atoms with van der Waals surface area (Å²) in [5.41, 5.74) is 2.84. The molecule has 0 fully saturated rings. The van der Waals surface area contributed by atoms with Crippen molar-refractivity contribution in [2.45, 2.75) is 40.0 Å². The Morgan fingerprint density at radius 3 is 1.91 bits per heavy atom. The monoisotopic (exact) mass is 304 g/mol. The highest BCUT2D eigenvalue weighted by Crippen LogP contribution is 2.35. The topological polar surface area (TPSA) is 0 Å². The van der Waals surface area contributed by atoms with Crippen molar-refractivity contribution < 1.29 is 0 Å². The molecule has 3 rings (SSSR count). The summed E-state index contributed by atoms with van der Waals surface area (Å²) in [5, 5.41) is 2.70. The molecule has 3 aromatic carbocycles. The van der Waals surface area contributed by atoms with Crippen LogP contribution in [0.2, 0.25) is 0 Å². The van der Waals surface area contributed by atoms with Gasteiger partial charge in [0.25, 0.3) is 0 Å². The highest BCUT2D eigenvalue weighted by atomic mass is 14.2. The molecule has 0 saturated carbocycles. The van der Waals surface area contributed by atoms with Crippen molar-refractivity contribution in [1.82, 2.24) is 0 Å². The van der Waals surface area contributed by atoms with Crippen LogP contribution in [0.5, 0.6) is 0 Å². The second-order valence-corrected chi connectivity index (χ2v) is 6.41. The van der Waals surface area contributed by atoms with Gasteiger partial charge in [-0.05, 0) is 27.8 Å². The molecule has 0 heterocycles. The fourth-order valence-electron chi connectivity index (χ4n) is 3.11. The van der Waals surface area contributed by atoms with Crippen LogP contribution < -0.4 is 0 Å². The fraction of sp³-hybridized carbons (Fsp3) is 0.304. The first-order chi connectivity index (χ1) is 11.2. The summed E-state index contributed by atoms with van der Waals surface area (Å²) in [6.07, 6.45) is 1.25. The molecule has 1 atom stereocenters. The zero-order valence-corrected chi connectivity index (χ0v) is 14.8. The van der Waals surface area contributed by atoms with Crippen LogP contribution in [0, 0.1) is 5.92 Å². The van der Waals surface area contributed by atoms with Crippen LogP contribution >= 0.6 is 0 Å². The van der Waals surface area contributed by atoms with Gasteiger partial charge in [0.15, 0.2) is 0 Å². The van der Waals surface area contributed by atoms with Gasteiger partial charge in [0.1, 0.15) is 0 Å². The Labute approximate surface area is 141 Å². The molecular weight excluding hydrogens is 276 g/mol. The fourth-order valence-corrected chi connectivity index (χ4v) is 3.11. The van der Waals surface area contributed by atoms with Crippen LogP contribution in [0.15, 0.2) is 72.8 Å². The summed E-state index contributed by atoms with van der Waals surface area (Å²) in [7, 11) is 0. The van der Waals surface area contributed by atoms with Crippen LogP contribution in [0.3, 0.4) is 0 Å². The molecule has 0 bridgehead atoms. The van der Waals surface area contributed by atoms with E-state index in [-0.39, 0.29) is 0 Å². The van der Waals surface area contributed by atoms with Crippen LogP contribution in [0.25, 0.3) is 10.8 Å². The molecule has 0 nitrogen and oxygen atoms in total.